The second kappa shape index (κ2) is 5.58. The molecule has 5 nitrogen and oxygen atoms in total. The Kier molecular flexibility index (Phi) is 3.47. The van der Waals surface area contributed by atoms with Crippen molar-refractivity contribution in [3.05, 3.63) is 54.7 Å². The molecule has 104 valence electrons. The van der Waals surface area contributed by atoms with E-state index < -0.39 is 0 Å². The number of rotatable bonds is 3. The van der Waals surface area contributed by atoms with Gasteiger partial charge in [-0.3, -0.25) is 0 Å². The molecule has 0 atom stereocenters. The lowest BCUT2D eigenvalue weighted by atomic mass is 10.1. The van der Waals surface area contributed by atoms with Gasteiger partial charge in [0.15, 0.2) is 5.75 Å². The van der Waals surface area contributed by atoms with Gasteiger partial charge in [0.25, 0.3) is 0 Å². The summed E-state index contributed by atoms with van der Waals surface area (Å²) in [6.45, 7) is 0. The quantitative estimate of drug-likeness (QED) is 0.724. The van der Waals surface area contributed by atoms with E-state index in [4.69, 9.17) is 4.74 Å². The van der Waals surface area contributed by atoms with Gasteiger partial charge < -0.3 is 9.84 Å². The fourth-order valence-electron chi connectivity index (χ4n) is 2.06. The number of phenols is 1. The second-order valence-electron chi connectivity index (χ2n) is 4.38. The molecule has 1 aromatic heterocycles. The Morgan fingerprint density at radius 2 is 1.86 bits per heavy atom. The van der Waals surface area contributed by atoms with Crippen molar-refractivity contribution in [2.24, 2.45) is 10.2 Å². The van der Waals surface area contributed by atoms with Crippen molar-refractivity contribution in [1.82, 2.24) is 4.98 Å². The number of aromatic nitrogens is 1. The van der Waals surface area contributed by atoms with Gasteiger partial charge in [0.2, 0.25) is 5.82 Å². The van der Waals surface area contributed by atoms with E-state index >= 15 is 0 Å². The predicted octanol–water partition coefficient (Wildman–Crippen LogP) is 4.36. The van der Waals surface area contributed by atoms with Crippen LogP contribution in [0.15, 0.2) is 65.0 Å². The maximum Gasteiger partial charge on any atom is 0.216 e. The van der Waals surface area contributed by atoms with E-state index in [2.05, 4.69) is 15.2 Å². The molecule has 0 bridgehead atoms. The summed E-state index contributed by atoms with van der Waals surface area (Å²) in [6, 6.07) is 14.6. The van der Waals surface area contributed by atoms with Crippen LogP contribution in [-0.4, -0.2) is 17.2 Å². The molecule has 0 aliphatic carbocycles. The highest BCUT2D eigenvalue weighted by molar-refractivity contribution is 5.95. The van der Waals surface area contributed by atoms with Crippen LogP contribution in [0.25, 0.3) is 10.8 Å². The summed E-state index contributed by atoms with van der Waals surface area (Å²) < 4.78 is 5.17. The largest absolute Gasteiger partial charge is 0.506 e. The highest BCUT2D eigenvalue weighted by Crippen LogP contribution is 2.36. The maximum absolute atomic E-state index is 10.0. The van der Waals surface area contributed by atoms with Gasteiger partial charge >= 0.3 is 0 Å². The van der Waals surface area contributed by atoms with Gasteiger partial charge in [0.1, 0.15) is 11.4 Å². The number of ether oxygens (including phenoxy) is 1. The minimum atomic E-state index is 0.0762. The molecule has 0 saturated carbocycles. The predicted molar refractivity (Wildman–Crippen MR) is 80.6 cm³/mol. The first-order chi connectivity index (χ1) is 10.3. The van der Waals surface area contributed by atoms with E-state index in [0.717, 1.165) is 10.8 Å². The number of azo groups is 1. The Bertz CT molecular complexity index is 815. The molecule has 0 radical (unpaired) electrons. The van der Waals surface area contributed by atoms with Crippen molar-refractivity contribution in [3.63, 3.8) is 0 Å². The Hall–Kier alpha value is -2.95. The molecule has 0 fully saturated rings. The Morgan fingerprint density at radius 1 is 1.00 bits per heavy atom. The summed E-state index contributed by atoms with van der Waals surface area (Å²) in [6.07, 6.45) is 1.61. The Morgan fingerprint density at radius 3 is 2.71 bits per heavy atom. The van der Waals surface area contributed by atoms with Gasteiger partial charge in [-0.05, 0) is 23.6 Å². The molecule has 2 aromatic carbocycles. The van der Waals surface area contributed by atoms with E-state index in [1.807, 2.05) is 30.3 Å². The first kappa shape index (κ1) is 13.1. The van der Waals surface area contributed by atoms with Gasteiger partial charge in [-0.2, -0.15) is 0 Å². The first-order valence-corrected chi connectivity index (χ1v) is 6.41. The number of phenolic OH excluding ortho intramolecular Hbond substituents is 1. The van der Waals surface area contributed by atoms with Crippen LogP contribution in [0, 0.1) is 0 Å². The number of hydrogen-bond donors (Lipinski definition) is 1. The Labute approximate surface area is 121 Å². The molecule has 1 N–H and O–H groups in total. The molecule has 0 amide bonds. The van der Waals surface area contributed by atoms with Crippen LogP contribution in [-0.2, 0) is 0 Å². The van der Waals surface area contributed by atoms with Crippen molar-refractivity contribution in [3.8, 4) is 11.5 Å². The van der Waals surface area contributed by atoms with Gasteiger partial charge in [-0.15, -0.1) is 10.2 Å². The van der Waals surface area contributed by atoms with Gasteiger partial charge in [0, 0.05) is 11.6 Å². The van der Waals surface area contributed by atoms with Crippen LogP contribution < -0.4 is 4.74 Å². The summed E-state index contributed by atoms with van der Waals surface area (Å²) in [5, 5.41) is 20.1. The number of pyridine rings is 1. The van der Waals surface area contributed by atoms with Crippen LogP contribution in [0.5, 0.6) is 11.5 Å². The van der Waals surface area contributed by atoms with E-state index in [1.54, 1.807) is 31.5 Å². The summed E-state index contributed by atoms with van der Waals surface area (Å²) in [5.74, 6) is 0.973. The molecule has 0 unspecified atom stereocenters. The SMILES string of the molecule is COc1cccnc1/N=N/c1c(O)ccc2ccccc12. The number of methoxy groups -OCH3 is 1. The zero-order valence-electron chi connectivity index (χ0n) is 11.4. The van der Waals surface area contributed by atoms with Crippen LogP contribution in [0.4, 0.5) is 11.5 Å². The van der Waals surface area contributed by atoms with Crippen LogP contribution in [0.1, 0.15) is 0 Å². The molecule has 3 rings (SSSR count). The monoisotopic (exact) mass is 279 g/mol. The number of fused-ring (bicyclic) bond motifs is 1. The summed E-state index contributed by atoms with van der Waals surface area (Å²) in [4.78, 5) is 4.11. The zero-order chi connectivity index (χ0) is 14.7. The molecule has 0 aliphatic heterocycles. The molecule has 3 aromatic rings. The molecule has 0 spiro atoms. The first-order valence-electron chi connectivity index (χ1n) is 6.41. The number of hydrogen-bond acceptors (Lipinski definition) is 5. The minimum absolute atomic E-state index is 0.0762. The van der Waals surface area contributed by atoms with Crippen molar-refractivity contribution in [1.29, 1.82) is 0 Å². The topological polar surface area (TPSA) is 67.1 Å². The lowest BCUT2D eigenvalue weighted by Gasteiger charge is -2.04. The minimum Gasteiger partial charge on any atom is -0.506 e. The second-order valence-corrected chi connectivity index (χ2v) is 4.38. The summed E-state index contributed by atoms with van der Waals surface area (Å²) in [7, 11) is 1.55. The van der Waals surface area contributed by atoms with Crippen molar-refractivity contribution in [2.45, 2.75) is 0 Å². The smallest absolute Gasteiger partial charge is 0.216 e. The van der Waals surface area contributed by atoms with E-state index in [1.165, 1.54) is 0 Å². The summed E-state index contributed by atoms with van der Waals surface area (Å²) in [5.41, 5.74) is 0.417. The standard InChI is InChI=1S/C16H13N3O2/c1-21-14-7-4-10-17-16(14)19-18-15-12-6-3-2-5-11(12)8-9-13(15)20/h2-10,20H,1H3/b19-18+. The van der Waals surface area contributed by atoms with Crippen molar-refractivity contribution in [2.75, 3.05) is 7.11 Å². The molecular formula is C16H13N3O2. The average molecular weight is 279 g/mol. The van der Waals surface area contributed by atoms with Crippen LogP contribution >= 0.6 is 0 Å². The molecule has 0 aliphatic rings. The maximum atomic E-state index is 10.0. The third-order valence-electron chi connectivity index (χ3n) is 3.09. The van der Waals surface area contributed by atoms with Crippen LogP contribution in [0.2, 0.25) is 0 Å². The van der Waals surface area contributed by atoms with Crippen molar-refractivity contribution >= 4 is 22.3 Å². The van der Waals surface area contributed by atoms with Crippen molar-refractivity contribution < 1.29 is 9.84 Å². The lowest BCUT2D eigenvalue weighted by molar-refractivity contribution is 0.414. The number of benzene rings is 2. The normalized spacial score (nSPS) is 11.1. The molecule has 5 heteroatoms. The fraction of sp³-hybridized carbons (Fsp3) is 0.0625. The van der Waals surface area contributed by atoms with Crippen LogP contribution in [0.3, 0.4) is 0 Å². The van der Waals surface area contributed by atoms with E-state index in [0.29, 0.717) is 17.3 Å². The number of aromatic hydroxyl groups is 1. The third kappa shape index (κ3) is 2.53. The zero-order valence-corrected chi connectivity index (χ0v) is 11.4. The fourth-order valence-corrected chi connectivity index (χ4v) is 2.06. The highest BCUT2D eigenvalue weighted by Gasteiger charge is 2.07. The summed E-state index contributed by atoms with van der Waals surface area (Å²) >= 11 is 0. The molecule has 1 heterocycles. The lowest BCUT2D eigenvalue weighted by Crippen LogP contribution is -1.84. The van der Waals surface area contributed by atoms with Gasteiger partial charge in [-0.1, -0.05) is 30.3 Å². The van der Waals surface area contributed by atoms with Gasteiger partial charge in [-0.25, -0.2) is 4.98 Å². The number of nitrogens with zero attached hydrogens (tertiary/aromatic N) is 3. The molecular weight excluding hydrogens is 266 g/mol. The average Bonchev–Trinajstić information content (AvgIpc) is 2.54. The molecule has 0 saturated heterocycles. The highest BCUT2D eigenvalue weighted by atomic mass is 16.5. The third-order valence-corrected chi connectivity index (χ3v) is 3.09. The Balaban J connectivity index is 2.09. The molecule has 21 heavy (non-hydrogen) atoms. The van der Waals surface area contributed by atoms with E-state index in [-0.39, 0.29) is 5.75 Å². The van der Waals surface area contributed by atoms with Gasteiger partial charge in [0.05, 0.1) is 7.11 Å². The van der Waals surface area contributed by atoms with E-state index in [9.17, 15) is 5.11 Å².